The van der Waals surface area contributed by atoms with Crippen LogP contribution in [0.4, 0.5) is 5.69 Å². The number of benzene rings is 2. The van der Waals surface area contributed by atoms with E-state index in [1.54, 1.807) is 49.4 Å². The number of esters is 1. The fraction of sp³-hybridized carbons (Fsp3) is 0.360. The molecule has 1 spiro atoms. The number of hydrogen-bond acceptors (Lipinski definition) is 6. The molecule has 2 aromatic carbocycles. The van der Waals surface area contributed by atoms with Crippen molar-refractivity contribution in [2.45, 2.75) is 32.1 Å². The second-order valence-corrected chi connectivity index (χ2v) is 8.38. The zero-order valence-electron chi connectivity index (χ0n) is 18.2. The van der Waals surface area contributed by atoms with E-state index in [1.807, 2.05) is 6.07 Å². The van der Waals surface area contributed by atoms with Crippen molar-refractivity contribution in [3.63, 3.8) is 0 Å². The van der Waals surface area contributed by atoms with Crippen molar-refractivity contribution in [2.75, 3.05) is 24.7 Å². The normalized spacial score (nSPS) is 17.7. The molecule has 2 aromatic rings. The third kappa shape index (κ3) is 3.73. The average molecular weight is 434 g/mol. The zero-order chi connectivity index (χ0) is 22.9. The number of fused-ring (bicyclic) bond motifs is 2. The lowest BCUT2D eigenvalue weighted by molar-refractivity contribution is -0.141. The van der Waals surface area contributed by atoms with Crippen LogP contribution in [0.15, 0.2) is 48.5 Å². The summed E-state index contributed by atoms with van der Waals surface area (Å²) in [6, 6.07) is 13.9. The summed E-state index contributed by atoms with van der Waals surface area (Å²) in [7, 11) is 0. The molecule has 1 fully saturated rings. The first-order chi connectivity index (χ1) is 15.3. The number of ketones is 2. The van der Waals surface area contributed by atoms with Gasteiger partial charge in [0.05, 0.1) is 17.0 Å². The lowest BCUT2D eigenvalue weighted by atomic mass is 9.73. The first-order valence-electron chi connectivity index (χ1n) is 10.8. The highest BCUT2D eigenvalue weighted by atomic mass is 16.5. The van der Waals surface area contributed by atoms with E-state index in [2.05, 4.69) is 5.32 Å². The van der Waals surface area contributed by atoms with E-state index in [9.17, 15) is 19.2 Å². The highest BCUT2D eigenvalue weighted by Crippen LogP contribution is 2.47. The molecule has 4 rings (SSSR count). The number of nitrogens with zero attached hydrogens (tertiary/aromatic N) is 1. The quantitative estimate of drug-likeness (QED) is 0.427. The van der Waals surface area contributed by atoms with Gasteiger partial charge in [0.1, 0.15) is 0 Å². The number of carbonyl (C=O) groups excluding carboxylic acids is 4. The number of anilines is 1. The van der Waals surface area contributed by atoms with Crippen molar-refractivity contribution in [1.82, 2.24) is 5.32 Å². The molecule has 2 aliphatic rings. The van der Waals surface area contributed by atoms with Gasteiger partial charge in [-0.2, -0.15) is 0 Å². The van der Waals surface area contributed by atoms with Gasteiger partial charge in [0.25, 0.3) is 0 Å². The summed E-state index contributed by atoms with van der Waals surface area (Å²) in [5.74, 6) is -1.94. The lowest BCUT2D eigenvalue weighted by Crippen LogP contribution is -2.47. The second kappa shape index (κ2) is 8.67. The van der Waals surface area contributed by atoms with Crippen LogP contribution in [0.5, 0.6) is 0 Å². The average Bonchev–Trinajstić information content (AvgIpc) is 3.04. The summed E-state index contributed by atoms with van der Waals surface area (Å²) in [6.45, 7) is 4.10. The minimum Gasteiger partial charge on any atom is -0.444 e. The van der Waals surface area contributed by atoms with E-state index >= 15 is 0 Å². The zero-order valence-corrected chi connectivity index (χ0v) is 18.2. The molecular formula is C25H26N2O5. The van der Waals surface area contributed by atoms with Gasteiger partial charge in [-0.15, -0.1) is 0 Å². The van der Waals surface area contributed by atoms with Crippen LogP contribution < -0.4 is 10.2 Å². The third-order valence-electron chi connectivity index (χ3n) is 6.44. The molecule has 0 bridgehead atoms. The molecule has 7 nitrogen and oxygen atoms in total. The number of Topliss-reactive ketones (excluding diaryl/α,β-unsaturated/α-hetero) is 2. The Kier molecular flexibility index (Phi) is 5.93. The van der Waals surface area contributed by atoms with Crippen LogP contribution in [0.3, 0.4) is 0 Å². The Hall–Kier alpha value is -3.32. The molecule has 32 heavy (non-hydrogen) atoms. The molecule has 0 saturated carbocycles. The number of piperidine rings is 1. The van der Waals surface area contributed by atoms with E-state index in [0.717, 1.165) is 5.56 Å². The van der Waals surface area contributed by atoms with E-state index in [-0.39, 0.29) is 24.2 Å². The van der Waals surface area contributed by atoms with Gasteiger partial charge >= 0.3 is 5.97 Å². The molecule has 1 atom stereocenters. The number of amides is 1. The number of nitrogens with one attached hydrogen (secondary N) is 1. The van der Waals surface area contributed by atoms with E-state index in [1.165, 1.54) is 11.8 Å². The van der Waals surface area contributed by atoms with Crippen molar-refractivity contribution in [3.05, 3.63) is 65.2 Å². The van der Waals surface area contributed by atoms with Crippen molar-refractivity contribution >= 4 is 29.1 Å². The Balaban J connectivity index is 1.69. The Morgan fingerprint density at radius 3 is 2.34 bits per heavy atom. The van der Waals surface area contributed by atoms with E-state index in [4.69, 9.17) is 4.74 Å². The molecule has 0 aliphatic carbocycles. The van der Waals surface area contributed by atoms with Gasteiger partial charge in [0.15, 0.2) is 18.3 Å². The molecular weight excluding hydrogens is 408 g/mol. The maximum absolute atomic E-state index is 13.4. The summed E-state index contributed by atoms with van der Waals surface area (Å²) in [5, 5.41) is 3.27. The molecule has 1 amide bonds. The maximum atomic E-state index is 13.4. The first kappa shape index (κ1) is 21.9. The van der Waals surface area contributed by atoms with Crippen LogP contribution in [-0.2, 0) is 19.7 Å². The summed E-state index contributed by atoms with van der Waals surface area (Å²) < 4.78 is 5.12. The number of rotatable bonds is 6. The molecule has 7 heteroatoms. The molecule has 0 radical (unpaired) electrons. The summed E-state index contributed by atoms with van der Waals surface area (Å²) >= 11 is 0. The highest BCUT2D eigenvalue weighted by Gasteiger charge is 2.51. The molecule has 1 N–H and O–H groups in total. The van der Waals surface area contributed by atoms with Crippen LogP contribution >= 0.6 is 0 Å². The number of carbonyl (C=O) groups is 4. The summed E-state index contributed by atoms with van der Waals surface area (Å²) in [6.07, 6.45) is 1.18. The van der Waals surface area contributed by atoms with Gasteiger partial charge in [-0.1, -0.05) is 30.3 Å². The van der Waals surface area contributed by atoms with Gasteiger partial charge < -0.3 is 10.1 Å². The summed E-state index contributed by atoms with van der Waals surface area (Å²) in [4.78, 5) is 52.3. The molecule has 2 heterocycles. The standard InChI is InChI=1S/C25H26N2O5/c1-16(22(29)18-6-4-3-5-7-18)23(30)19-8-9-21-20(14-19)25(10-12-26-13-11-25)24(31)27(21)15-32-17(2)28/h3-9,14,16,26H,10-13,15H2,1-2H3. The molecule has 1 saturated heterocycles. The van der Waals surface area contributed by atoms with Crippen molar-refractivity contribution in [3.8, 4) is 0 Å². The first-order valence-corrected chi connectivity index (χ1v) is 10.8. The topological polar surface area (TPSA) is 92.8 Å². The highest BCUT2D eigenvalue weighted by molar-refractivity contribution is 6.16. The molecule has 166 valence electrons. The Bertz CT molecular complexity index is 1070. The predicted octanol–water partition coefficient (Wildman–Crippen LogP) is 2.88. The van der Waals surface area contributed by atoms with Crippen LogP contribution in [0, 0.1) is 5.92 Å². The van der Waals surface area contributed by atoms with Gasteiger partial charge in [-0.25, -0.2) is 0 Å². The number of hydrogen-bond donors (Lipinski definition) is 1. The third-order valence-corrected chi connectivity index (χ3v) is 6.44. The van der Waals surface area contributed by atoms with Crippen molar-refractivity contribution in [1.29, 1.82) is 0 Å². The maximum Gasteiger partial charge on any atom is 0.304 e. The largest absolute Gasteiger partial charge is 0.444 e. The Labute approximate surface area is 186 Å². The molecule has 1 unspecified atom stereocenters. The van der Waals surface area contributed by atoms with Crippen LogP contribution in [0.2, 0.25) is 0 Å². The smallest absolute Gasteiger partial charge is 0.304 e. The fourth-order valence-electron chi connectivity index (χ4n) is 4.63. The van der Waals surface area contributed by atoms with Crippen LogP contribution in [0.1, 0.15) is 53.0 Å². The molecule has 0 aromatic heterocycles. The minimum absolute atomic E-state index is 0.117. The monoisotopic (exact) mass is 434 g/mol. The Morgan fingerprint density at radius 2 is 1.69 bits per heavy atom. The van der Waals surface area contributed by atoms with Gasteiger partial charge in [0.2, 0.25) is 5.91 Å². The van der Waals surface area contributed by atoms with Gasteiger partial charge in [-0.3, -0.25) is 24.1 Å². The predicted molar refractivity (Wildman–Crippen MR) is 119 cm³/mol. The molecule has 2 aliphatic heterocycles. The SMILES string of the molecule is CC(=O)OCN1C(=O)C2(CCNCC2)c2cc(C(=O)C(C)C(=O)c3ccccc3)ccc21. The van der Waals surface area contributed by atoms with Crippen LogP contribution in [-0.4, -0.2) is 43.3 Å². The van der Waals surface area contributed by atoms with Gasteiger partial charge in [-0.05, 0) is 56.6 Å². The van der Waals surface area contributed by atoms with E-state index < -0.39 is 17.3 Å². The number of ether oxygens (including phenoxy) is 1. The van der Waals surface area contributed by atoms with Gasteiger partial charge in [0, 0.05) is 18.1 Å². The van der Waals surface area contributed by atoms with Crippen molar-refractivity contribution < 1.29 is 23.9 Å². The second-order valence-electron chi connectivity index (χ2n) is 8.38. The fourth-order valence-corrected chi connectivity index (χ4v) is 4.63. The Morgan fingerprint density at radius 1 is 1.03 bits per heavy atom. The van der Waals surface area contributed by atoms with E-state index in [0.29, 0.717) is 42.7 Å². The lowest BCUT2D eigenvalue weighted by Gasteiger charge is -2.33. The van der Waals surface area contributed by atoms with Crippen LogP contribution in [0.25, 0.3) is 0 Å². The minimum atomic E-state index is -0.839. The van der Waals surface area contributed by atoms with Crippen molar-refractivity contribution in [2.24, 2.45) is 5.92 Å². The summed E-state index contributed by atoms with van der Waals surface area (Å²) in [5.41, 5.74) is 1.55.